The summed E-state index contributed by atoms with van der Waals surface area (Å²) in [6.45, 7) is 2.94. The fourth-order valence-electron chi connectivity index (χ4n) is 3.66. The van der Waals surface area contributed by atoms with Crippen molar-refractivity contribution in [3.63, 3.8) is 0 Å². The van der Waals surface area contributed by atoms with Gasteiger partial charge < -0.3 is 25.6 Å². The van der Waals surface area contributed by atoms with Crippen LogP contribution in [0.2, 0.25) is 0 Å². The summed E-state index contributed by atoms with van der Waals surface area (Å²) in [4.78, 5) is 35.4. The van der Waals surface area contributed by atoms with E-state index in [2.05, 4.69) is 10.6 Å². The minimum atomic E-state index is -1.41. The van der Waals surface area contributed by atoms with Crippen molar-refractivity contribution in [3.05, 3.63) is 59.7 Å². The molecule has 0 heterocycles. The van der Waals surface area contributed by atoms with Gasteiger partial charge in [0.15, 0.2) is 6.04 Å². The molecule has 31 heavy (non-hydrogen) atoms. The number of carboxylic acids is 1. The lowest BCUT2D eigenvalue weighted by molar-refractivity contribution is -0.145. The van der Waals surface area contributed by atoms with E-state index in [9.17, 15) is 19.5 Å². The van der Waals surface area contributed by atoms with E-state index >= 15 is 0 Å². The molecule has 1 unspecified atom stereocenters. The van der Waals surface area contributed by atoms with Crippen LogP contribution in [0.25, 0.3) is 11.1 Å². The largest absolute Gasteiger partial charge is 0.480 e. The molecule has 0 saturated carbocycles. The summed E-state index contributed by atoms with van der Waals surface area (Å²) in [5.74, 6) is -2.70. The molecule has 3 atom stereocenters. The van der Waals surface area contributed by atoms with Gasteiger partial charge in [0.2, 0.25) is 5.91 Å². The summed E-state index contributed by atoms with van der Waals surface area (Å²) in [7, 11) is 0. The number of rotatable bonds is 8. The first-order valence-corrected chi connectivity index (χ1v) is 10.1. The Morgan fingerprint density at radius 3 is 2.06 bits per heavy atom. The average molecular weight is 426 g/mol. The molecule has 4 N–H and O–H groups in total. The quantitative estimate of drug-likeness (QED) is 0.512. The second kappa shape index (κ2) is 9.61. The molecule has 0 radical (unpaired) electrons. The molecule has 0 spiro atoms. The summed E-state index contributed by atoms with van der Waals surface area (Å²) in [6, 6.07) is 14.6. The average Bonchev–Trinajstić information content (AvgIpc) is 3.07. The highest BCUT2D eigenvalue weighted by atomic mass is 16.5. The zero-order valence-corrected chi connectivity index (χ0v) is 17.4. The zero-order chi connectivity index (χ0) is 22.5. The number of ether oxygens (including phenoxy) is 1. The number of fused-ring (bicyclic) bond motifs is 3. The molecular weight excluding hydrogens is 400 g/mol. The minimum absolute atomic E-state index is 0.0331. The van der Waals surface area contributed by atoms with Gasteiger partial charge in [0.25, 0.3) is 0 Å². The molecule has 2 aromatic rings. The summed E-state index contributed by atoms with van der Waals surface area (Å²) >= 11 is 0. The molecule has 0 fully saturated rings. The Kier molecular flexibility index (Phi) is 6.91. The summed E-state index contributed by atoms with van der Waals surface area (Å²) in [5, 5.41) is 23.3. The third kappa shape index (κ3) is 5.03. The second-order valence-corrected chi connectivity index (χ2v) is 7.67. The fraction of sp³-hybridized carbons (Fsp3) is 0.348. The number of aliphatic hydroxyl groups excluding tert-OH is 1. The molecule has 0 aliphatic heterocycles. The molecule has 164 valence electrons. The van der Waals surface area contributed by atoms with E-state index < -0.39 is 36.0 Å². The Balaban J connectivity index is 1.53. The Hall–Kier alpha value is -3.39. The van der Waals surface area contributed by atoms with Crippen LogP contribution in [0.3, 0.4) is 0 Å². The molecular formula is C23H26N2O6. The maximum absolute atomic E-state index is 12.2. The highest BCUT2D eigenvalue weighted by Gasteiger charge is 2.30. The number of nitrogens with one attached hydrogen (secondary N) is 2. The first-order chi connectivity index (χ1) is 14.8. The zero-order valence-electron chi connectivity index (χ0n) is 17.4. The number of aliphatic hydroxyl groups is 1. The number of carbonyl (C=O) groups excluding carboxylic acids is 2. The van der Waals surface area contributed by atoms with Gasteiger partial charge in [-0.2, -0.15) is 0 Å². The molecule has 3 rings (SSSR count). The molecule has 1 aliphatic carbocycles. The number of benzene rings is 2. The van der Waals surface area contributed by atoms with Crippen LogP contribution in [0, 0.1) is 5.92 Å². The van der Waals surface area contributed by atoms with Gasteiger partial charge in [-0.15, -0.1) is 0 Å². The maximum atomic E-state index is 12.2. The minimum Gasteiger partial charge on any atom is -0.480 e. The monoisotopic (exact) mass is 426 g/mol. The Morgan fingerprint density at radius 1 is 1.00 bits per heavy atom. The van der Waals surface area contributed by atoms with E-state index in [1.807, 2.05) is 48.5 Å². The molecule has 2 aromatic carbocycles. The highest BCUT2D eigenvalue weighted by molar-refractivity contribution is 5.85. The van der Waals surface area contributed by atoms with E-state index in [-0.39, 0.29) is 19.1 Å². The lowest BCUT2D eigenvalue weighted by Crippen LogP contribution is -2.50. The van der Waals surface area contributed by atoms with E-state index in [4.69, 9.17) is 9.84 Å². The molecule has 0 bridgehead atoms. The summed E-state index contributed by atoms with van der Waals surface area (Å²) in [5.41, 5.74) is 4.45. The van der Waals surface area contributed by atoms with Crippen molar-refractivity contribution in [1.82, 2.24) is 10.6 Å². The molecule has 8 heteroatoms. The normalized spacial score (nSPS) is 15.2. The van der Waals surface area contributed by atoms with Gasteiger partial charge in [0, 0.05) is 12.5 Å². The lowest BCUT2D eigenvalue weighted by atomic mass is 9.98. The third-order valence-corrected chi connectivity index (χ3v) is 5.39. The van der Waals surface area contributed by atoms with Gasteiger partial charge in [0.05, 0.1) is 12.0 Å². The van der Waals surface area contributed by atoms with Crippen molar-refractivity contribution in [1.29, 1.82) is 0 Å². The topological polar surface area (TPSA) is 125 Å². The first-order valence-electron chi connectivity index (χ1n) is 10.1. The first kappa shape index (κ1) is 22.3. The maximum Gasteiger partial charge on any atom is 0.407 e. The Morgan fingerprint density at radius 2 is 1.55 bits per heavy atom. The lowest BCUT2D eigenvalue weighted by Gasteiger charge is -2.20. The second-order valence-electron chi connectivity index (χ2n) is 7.67. The summed E-state index contributed by atoms with van der Waals surface area (Å²) in [6.07, 6.45) is -1.91. The number of alkyl carbamates (subject to hydrolysis) is 1. The molecule has 0 saturated heterocycles. The smallest absolute Gasteiger partial charge is 0.407 e. The number of carbonyl (C=O) groups is 3. The van der Waals surface area contributed by atoms with Gasteiger partial charge in [-0.3, -0.25) is 4.79 Å². The van der Waals surface area contributed by atoms with E-state index in [0.717, 1.165) is 22.3 Å². The van der Waals surface area contributed by atoms with Gasteiger partial charge in [-0.25, -0.2) is 9.59 Å². The number of aliphatic carboxylic acids is 1. The number of carboxylic acid groups (broad SMARTS) is 1. The van der Waals surface area contributed by atoms with E-state index in [0.29, 0.717) is 0 Å². The van der Waals surface area contributed by atoms with Crippen molar-refractivity contribution in [3.8, 4) is 11.1 Å². The highest BCUT2D eigenvalue weighted by Crippen LogP contribution is 2.44. The van der Waals surface area contributed by atoms with Crippen LogP contribution in [-0.4, -0.2) is 53.5 Å². The van der Waals surface area contributed by atoms with Crippen LogP contribution in [0.1, 0.15) is 30.9 Å². The van der Waals surface area contributed by atoms with Crippen LogP contribution in [0.4, 0.5) is 4.79 Å². The van der Waals surface area contributed by atoms with Crippen molar-refractivity contribution in [2.75, 3.05) is 13.2 Å². The van der Waals surface area contributed by atoms with Crippen LogP contribution in [0.5, 0.6) is 0 Å². The predicted molar refractivity (Wildman–Crippen MR) is 113 cm³/mol. The van der Waals surface area contributed by atoms with Crippen molar-refractivity contribution >= 4 is 18.0 Å². The van der Waals surface area contributed by atoms with Gasteiger partial charge in [0.1, 0.15) is 6.61 Å². The predicted octanol–water partition coefficient (Wildman–Crippen LogP) is 2.11. The van der Waals surface area contributed by atoms with Gasteiger partial charge in [-0.05, 0) is 29.2 Å². The standard InChI is InChI=1S/C23H26N2O6/c1-13(21(27)25-20(14(2)26)22(28)29)11-24-23(30)31-12-19-17-9-5-3-7-15(17)16-8-4-6-10-18(16)19/h3-10,13-14,19-20,26H,11-12H2,1-2H3,(H,24,30)(H,25,27)(H,28,29)/t13?,14-,20+/m1/s1. The van der Waals surface area contributed by atoms with Crippen LogP contribution >= 0.6 is 0 Å². The Bertz CT molecular complexity index is 929. The number of hydrogen-bond donors (Lipinski definition) is 4. The van der Waals surface area contributed by atoms with Gasteiger partial charge in [-0.1, -0.05) is 55.5 Å². The molecule has 8 nitrogen and oxygen atoms in total. The van der Waals surface area contributed by atoms with Crippen molar-refractivity contribution in [2.24, 2.45) is 5.92 Å². The number of hydrogen-bond acceptors (Lipinski definition) is 5. The SMILES string of the molecule is CC(CNC(=O)OCC1c2ccccc2-c2ccccc21)C(=O)N[C@H](C(=O)O)[C@@H](C)O. The van der Waals surface area contributed by atoms with E-state index in [1.165, 1.54) is 6.92 Å². The van der Waals surface area contributed by atoms with Crippen molar-refractivity contribution < 1.29 is 29.3 Å². The van der Waals surface area contributed by atoms with Crippen LogP contribution in [0.15, 0.2) is 48.5 Å². The van der Waals surface area contributed by atoms with E-state index in [1.54, 1.807) is 6.92 Å². The fourth-order valence-corrected chi connectivity index (χ4v) is 3.66. The van der Waals surface area contributed by atoms with Crippen LogP contribution in [-0.2, 0) is 14.3 Å². The number of amides is 2. The Labute approximate surface area is 180 Å². The molecule has 0 aromatic heterocycles. The van der Waals surface area contributed by atoms with Gasteiger partial charge >= 0.3 is 12.1 Å². The summed E-state index contributed by atoms with van der Waals surface area (Å²) < 4.78 is 5.41. The van der Waals surface area contributed by atoms with Crippen LogP contribution < -0.4 is 10.6 Å². The third-order valence-electron chi connectivity index (χ3n) is 5.39. The van der Waals surface area contributed by atoms with Crippen molar-refractivity contribution in [2.45, 2.75) is 31.9 Å². The molecule has 2 amide bonds. The molecule has 1 aliphatic rings.